The van der Waals surface area contributed by atoms with Crippen molar-refractivity contribution in [3.05, 3.63) is 75.8 Å². The smallest absolute Gasteiger partial charge is 0.273 e. The van der Waals surface area contributed by atoms with Crippen LogP contribution in [0, 0.1) is 10.1 Å². The summed E-state index contributed by atoms with van der Waals surface area (Å²) in [7, 11) is 0. The van der Waals surface area contributed by atoms with Gasteiger partial charge in [0.25, 0.3) is 5.69 Å². The number of benzene rings is 2. The third-order valence-corrected chi connectivity index (χ3v) is 4.46. The van der Waals surface area contributed by atoms with Crippen LogP contribution < -0.4 is 5.32 Å². The van der Waals surface area contributed by atoms with E-state index in [1.54, 1.807) is 18.2 Å². The number of likely N-dealkylation sites (N-methyl/N-ethyl adjacent to an activating group) is 1. The summed E-state index contributed by atoms with van der Waals surface area (Å²) >= 11 is 0. The molecule has 1 atom stereocenters. The summed E-state index contributed by atoms with van der Waals surface area (Å²) in [4.78, 5) is 37.9. The molecule has 148 valence electrons. The van der Waals surface area contributed by atoms with E-state index in [0.29, 0.717) is 18.5 Å². The van der Waals surface area contributed by atoms with Crippen LogP contribution in [-0.2, 0) is 22.6 Å². The van der Waals surface area contributed by atoms with E-state index in [2.05, 4.69) is 5.32 Å². The van der Waals surface area contributed by atoms with Crippen molar-refractivity contribution in [2.24, 2.45) is 0 Å². The zero-order valence-corrected chi connectivity index (χ0v) is 16.1. The molecule has 2 amide bonds. The SMILES string of the molecule is CCNC(=O)[C@H](CC)N(Cc1ccccc1)C(=O)Cc1ccccc1[N+](=O)[O-]. The van der Waals surface area contributed by atoms with Crippen LogP contribution >= 0.6 is 0 Å². The van der Waals surface area contributed by atoms with Crippen LogP contribution in [0.4, 0.5) is 5.69 Å². The van der Waals surface area contributed by atoms with Crippen molar-refractivity contribution < 1.29 is 14.5 Å². The number of rotatable bonds is 9. The molecule has 0 fully saturated rings. The van der Waals surface area contributed by atoms with E-state index in [9.17, 15) is 19.7 Å². The Morgan fingerprint density at radius 2 is 1.71 bits per heavy atom. The second-order valence-electron chi connectivity index (χ2n) is 6.39. The third-order valence-electron chi connectivity index (χ3n) is 4.46. The van der Waals surface area contributed by atoms with Crippen LogP contribution in [0.2, 0.25) is 0 Å². The molecule has 2 aromatic carbocycles. The zero-order chi connectivity index (χ0) is 20.5. The van der Waals surface area contributed by atoms with Crippen molar-refractivity contribution in [3.63, 3.8) is 0 Å². The molecule has 0 unspecified atom stereocenters. The molecule has 7 nitrogen and oxygen atoms in total. The highest BCUT2D eigenvalue weighted by atomic mass is 16.6. The first-order valence-electron chi connectivity index (χ1n) is 9.31. The molecule has 28 heavy (non-hydrogen) atoms. The van der Waals surface area contributed by atoms with Gasteiger partial charge in [0, 0.05) is 24.7 Å². The number of hydrogen-bond acceptors (Lipinski definition) is 4. The molecule has 0 radical (unpaired) electrons. The van der Waals surface area contributed by atoms with Crippen LogP contribution in [-0.4, -0.2) is 34.2 Å². The maximum Gasteiger partial charge on any atom is 0.273 e. The van der Waals surface area contributed by atoms with Crippen LogP contribution in [0.25, 0.3) is 0 Å². The van der Waals surface area contributed by atoms with Gasteiger partial charge in [0.2, 0.25) is 11.8 Å². The highest BCUT2D eigenvalue weighted by Gasteiger charge is 2.29. The molecule has 0 aliphatic carbocycles. The van der Waals surface area contributed by atoms with Gasteiger partial charge in [0.15, 0.2) is 0 Å². The van der Waals surface area contributed by atoms with Crippen LogP contribution in [0.1, 0.15) is 31.4 Å². The van der Waals surface area contributed by atoms with Gasteiger partial charge < -0.3 is 10.2 Å². The maximum atomic E-state index is 13.1. The van der Waals surface area contributed by atoms with Gasteiger partial charge in [-0.3, -0.25) is 19.7 Å². The van der Waals surface area contributed by atoms with Crippen LogP contribution in [0.3, 0.4) is 0 Å². The van der Waals surface area contributed by atoms with E-state index in [1.165, 1.54) is 11.0 Å². The van der Waals surface area contributed by atoms with Gasteiger partial charge in [-0.2, -0.15) is 0 Å². The average molecular weight is 383 g/mol. The number of nitro groups is 1. The lowest BCUT2D eigenvalue weighted by atomic mass is 10.1. The van der Waals surface area contributed by atoms with Crippen molar-refractivity contribution in [2.45, 2.75) is 39.3 Å². The molecule has 0 aliphatic heterocycles. The Kier molecular flexibility index (Phi) is 7.68. The Morgan fingerprint density at radius 3 is 2.32 bits per heavy atom. The first kappa shape index (κ1) is 21.1. The molecule has 7 heteroatoms. The molecule has 0 aromatic heterocycles. The number of carbonyl (C=O) groups is 2. The van der Waals surface area contributed by atoms with Gasteiger partial charge in [-0.15, -0.1) is 0 Å². The summed E-state index contributed by atoms with van der Waals surface area (Å²) in [5.41, 5.74) is 1.13. The fourth-order valence-electron chi connectivity index (χ4n) is 3.09. The van der Waals surface area contributed by atoms with Crippen molar-refractivity contribution in [1.82, 2.24) is 10.2 Å². The number of nitrogens with zero attached hydrogens (tertiary/aromatic N) is 2. The first-order valence-corrected chi connectivity index (χ1v) is 9.31. The number of amides is 2. The minimum atomic E-state index is -0.643. The molecule has 0 spiro atoms. The molecule has 0 bridgehead atoms. The van der Waals surface area contributed by atoms with Crippen LogP contribution in [0.5, 0.6) is 0 Å². The molecule has 2 rings (SSSR count). The fraction of sp³-hybridized carbons (Fsp3) is 0.333. The standard InChI is InChI=1S/C21H25N3O4/c1-3-18(21(26)22-4-2)23(15-16-10-6-5-7-11-16)20(25)14-17-12-8-9-13-19(17)24(27)28/h5-13,18H,3-4,14-15H2,1-2H3,(H,22,26)/t18-/m0/s1. The minimum absolute atomic E-state index is 0.0958. The second kappa shape index (κ2) is 10.2. The number of nitrogens with one attached hydrogen (secondary N) is 1. The lowest BCUT2D eigenvalue weighted by Gasteiger charge is -2.30. The normalized spacial score (nSPS) is 11.5. The predicted molar refractivity (Wildman–Crippen MR) is 107 cm³/mol. The minimum Gasteiger partial charge on any atom is -0.355 e. The van der Waals surface area contributed by atoms with E-state index in [4.69, 9.17) is 0 Å². The van der Waals surface area contributed by atoms with Crippen molar-refractivity contribution >= 4 is 17.5 Å². The summed E-state index contributed by atoms with van der Waals surface area (Å²) in [6.45, 7) is 4.39. The summed E-state index contributed by atoms with van der Waals surface area (Å²) < 4.78 is 0. The Bertz CT molecular complexity index is 823. The van der Waals surface area contributed by atoms with E-state index in [-0.39, 0.29) is 30.5 Å². The molecular formula is C21H25N3O4. The molecule has 0 aliphatic rings. The van der Waals surface area contributed by atoms with Crippen LogP contribution in [0.15, 0.2) is 54.6 Å². The van der Waals surface area contributed by atoms with E-state index in [0.717, 1.165) is 5.56 Å². The Morgan fingerprint density at radius 1 is 1.07 bits per heavy atom. The van der Waals surface area contributed by atoms with Gasteiger partial charge in [0.05, 0.1) is 11.3 Å². The lowest BCUT2D eigenvalue weighted by molar-refractivity contribution is -0.385. The lowest BCUT2D eigenvalue weighted by Crippen LogP contribution is -2.49. The molecule has 2 aromatic rings. The average Bonchev–Trinajstić information content (AvgIpc) is 2.69. The van der Waals surface area contributed by atoms with Crippen molar-refractivity contribution in [3.8, 4) is 0 Å². The predicted octanol–water partition coefficient (Wildman–Crippen LogP) is 3.08. The Balaban J connectivity index is 2.33. The van der Waals surface area contributed by atoms with Gasteiger partial charge in [-0.1, -0.05) is 55.5 Å². The molecule has 0 saturated heterocycles. The second-order valence-corrected chi connectivity index (χ2v) is 6.39. The van der Waals surface area contributed by atoms with Gasteiger partial charge in [-0.25, -0.2) is 0 Å². The molecule has 0 saturated carbocycles. The summed E-state index contributed by atoms with van der Waals surface area (Å²) in [6, 6.07) is 14.9. The summed E-state index contributed by atoms with van der Waals surface area (Å²) in [5, 5.41) is 14.0. The zero-order valence-electron chi connectivity index (χ0n) is 16.1. The Hall–Kier alpha value is -3.22. The van der Waals surface area contributed by atoms with E-state index in [1.807, 2.05) is 44.2 Å². The highest BCUT2D eigenvalue weighted by Crippen LogP contribution is 2.21. The quantitative estimate of drug-likeness (QED) is 0.532. The van der Waals surface area contributed by atoms with E-state index < -0.39 is 11.0 Å². The maximum absolute atomic E-state index is 13.1. The monoisotopic (exact) mass is 383 g/mol. The molecule has 1 N–H and O–H groups in total. The molecule has 0 heterocycles. The molecular weight excluding hydrogens is 358 g/mol. The largest absolute Gasteiger partial charge is 0.355 e. The number of carbonyl (C=O) groups excluding carboxylic acids is 2. The van der Waals surface area contributed by atoms with Crippen molar-refractivity contribution in [1.29, 1.82) is 0 Å². The van der Waals surface area contributed by atoms with Gasteiger partial charge in [0.1, 0.15) is 6.04 Å². The number of para-hydroxylation sites is 1. The topological polar surface area (TPSA) is 92.6 Å². The van der Waals surface area contributed by atoms with E-state index >= 15 is 0 Å². The van der Waals surface area contributed by atoms with Crippen molar-refractivity contribution in [2.75, 3.05) is 6.54 Å². The number of hydrogen-bond donors (Lipinski definition) is 1. The van der Waals surface area contributed by atoms with Gasteiger partial charge >= 0.3 is 0 Å². The first-order chi connectivity index (χ1) is 13.5. The third kappa shape index (κ3) is 5.39. The summed E-state index contributed by atoms with van der Waals surface area (Å²) in [6.07, 6.45) is 0.307. The fourth-order valence-corrected chi connectivity index (χ4v) is 3.09. The number of nitro benzene ring substituents is 1. The Labute approximate surface area is 164 Å². The summed E-state index contributed by atoms with van der Waals surface area (Å²) in [5.74, 6) is -0.548. The highest BCUT2D eigenvalue weighted by molar-refractivity contribution is 5.88. The van der Waals surface area contributed by atoms with Gasteiger partial charge in [-0.05, 0) is 18.9 Å².